The van der Waals surface area contributed by atoms with Crippen molar-refractivity contribution in [2.75, 3.05) is 19.7 Å². The highest BCUT2D eigenvalue weighted by Gasteiger charge is 2.14. The lowest BCUT2D eigenvalue weighted by Crippen LogP contribution is -2.24. The fraction of sp³-hybridized carbons (Fsp3) is 0.833. The molecular weight excluding hydrogens is 132 g/mol. The summed E-state index contributed by atoms with van der Waals surface area (Å²) in [5, 5.41) is 3.12. The fourth-order valence-electron chi connectivity index (χ4n) is 0.970. The minimum Gasteiger partial charge on any atom is -0.368 e. The molecule has 0 radical (unpaired) electrons. The molecule has 1 amide bonds. The number of carbonyl (C=O) groups is 1. The quantitative estimate of drug-likeness (QED) is 0.525. The van der Waals surface area contributed by atoms with Gasteiger partial charge in [-0.2, -0.15) is 0 Å². The first-order valence-electron chi connectivity index (χ1n) is 3.39. The van der Waals surface area contributed by atoms with E-state index in [1.807, 2.05) is 0 Å². The fourth-order valence-corrected chi connectivity index (χ4v) is 0.970. The number of rotatable bonds is 3. The Labute approximate surface area is 59.7 Å². The maximum absolute atomic E-state index is 10.2. The first kappa shape index (κ1) is 7.50. The molecule has 1 unspecified atom stereocenters. The average Bonchev–Trinajstić information content (AvgIpc) is 2.34. The van der Waals surface area contributed by atoms with Gasteiger partial charge in [-0.25, -0.2) is 0 Å². The lowest BCUT2D eigenvalue weighted by Gasteiger charge is -2.06. The van der Waals surface area contributed by atoms with Gasteiger partial charge in [0.2, 0.25) is 5.91 Å². The molecule has 1 aliphatic rings. The summed E-state index contributed by atoms with van der Waals surface area (Å²) >= 11 is 0. The molecule has 4 nitrogen and oxygen atoms in total. The zero-order valence-corrected chi connectivity index (χ0v) is 5.80. The summed E-state index contributed by atoms with van der Waals surface area (Å²) in [7, 11) is 0. The zero-order valence-electron chi connectivity index (χ0n) is 5.80. The Hall–Kier alpha value is -0.610. The summed E-state index contributed by atoms with van der Waals surface area (Å²) in [5.41, 5.74) is 4.89. The monoisotopic (exact) mass is 144 g/mol. The summed E-state index contributed by atoms with van der Waals surface area (Å²) in [6.07, 6.45) is 1.17. The molecule has 0 bridgehead atoms. The van der Waals surface area contributed by atoms with Crippen molar-refractivity contribution in [3.8, 4) is 0 Å². The van der Waals surface area contributed by atoms with E-state index in [1.54, 1.807) is 0 Å². The Balaban J connectivity index is 2.07. The van der Waals surface area contributed by atoms with Gasteiger partial charge in [-0.05, 0) is 13.0 Å². The molecule has 58 valence electrons. The Bertz CT molecular complexity index is 121. The molecule has 1 heterocycles. The molecule has 1 fully saturated rings. The van der Waals surface area contributed by atoms with Gasteiger partial charge < -0.3 is 15.8 Å². The largest absolute Gasteiger partial charge is 0.368 e. The Morgan fingerprint density at radius 2 is 2.60 bits per heavy atom. The van der Waals surface area contributed by atoms with Crippen molar-refractivity contribution in [3.63, 3.8) is 0 Å². The van der Waals surface area contributed by atoms with Crippen LogP contribution in [0.4, 0.5) is 0 Å². The molecule has 0 saturated carbocycles. The van der Waals surface area contributed by atoms with Crippen LogP contribution in [0.2, 0.25) is 0 Å². The summed E-state index contributed by atoms with van der Waals surface area (Å²) in [5.74, 6) is -0.396. The maximum Gasteiger partial charge on any atom is 0.243 e. The zero-order chi connectivity index (χ0) is 7.40. The molecule has 0 aliphatic carbocycles. The van der Waals surface area contributed by atoms with Crippen molar-refractivity contribution in [2.24, 2.45) is 5.73 Å². The van der Waals surface area contributed by atoms with Gasteiger partial charge >= 0.3 is 0 Å². The summed E-state index contributed by atoms with van der Waals surface area (Å²) in [6, 6.07) is 0. The molecule has 0 aromatic carbocycles. The summed E-state index contributed by atoms with van der Waals surface area (Å²) in [6.45, 7) is 1.86. The van der Waals surface area contributed by atoms with Crippen LogP contribution in [-0.4, -0.2) is 31.7 Å². The number of nitrogens with one attached hydrogen (secondary N) is 1. The highest BCUT2D eigenvalue weighted by molar-refractivity contribution is 5.75. The normalized spacial score (nSPS) is 25.0. The molecule has 1 atom stereocenters. The van der Waals surface area contributed by atoms with Gasteiger partial charge in [-0.15, -0.1) is 0 Å². The second-order valence-electron chi connectivity index (χ2n) is 2.39. The second-order valence-corrected chi connectivity index (χ2v) is 2.39. The molecule has 4 heteroatoms. The lowest BCUT2D eigenvalue weighted by atomic mass is 10.3. The van der Waals surface area contributed by atoms with Crippen molar-refractivity contribution in [1.29, 1.82) is 0 Å². The minimum atomic E-state index is -0.396. The van der Waals surface area contributed by atoms with Crippen LogP contribution >= 0.6 is 0 Å². The van der Waals surface area contributed by atoms with Crippen molar-refractivity contribution in [2.45, 2.75) is 12.5 Å². The molecule has 0 spiro atoms. The first-order valence-corrected chi connectivity index (χ1v) is 3.39. The second kappa shape index (κ2) is 3.53. The molecule has 3 N–H and O–H groups in total. The number of nitrogens with two attached hydrogens (primary N) is 1. The van der Waals surface area contributed by atoms with Gasteiger partial charge in [0.15, 0.2) is 0 Å². The molecule has 1 saturated heterocycles. The van der Waals surface area contributed by atoms with E-state index in [4.69, 9.17) is 10.5 Å². The van der Waals surface area contributed by atoms with E-state index in [1.165, 1.54) is 0 Å². The summed E-state index contributed by atoms with van der Waals surface area (Å²) < 4.78 is 5.13. The third-order valence-electron chi connectivity index (χ3n) is 1.48. The average molecular weight is 144 g/mol. The van der Waals surface area contributed by atoms with Crippen LogP contribution in [0, 0.1) is 0 Å². The number of amides is 1. The third-order valence-corrected chi connectivity index (χ3v) is 1.48. The van der Waals surface area contributed by atoms with Crippen LogP contribution in [0.3, 0.4) is 0 Å². The van der Waals surface area contributed by atoms with Crippen LogP contribution in [0.25, 0.3) is 0 Å². The number of hydrogen-bond donors (Lipinski definition) is 2. The molecular formula is C6H12N2O2. The molecule has 10 heavy (non-hydrogen) atoms. The van der Waals surface area contributed by atoms with E-state index in [-0.39, 0.29) is 12.7 Å². The molecule has 1 aliphatic heterocycles. The van der Waals surface area contributed by atoms with Crippen LogP contribution in [0.1, 0.15) is 6.42 Å². The maximum atomic E-state index is 10.2. The number of ether oxygens (including phenoxy) is 1. The number of hydrogen-bond acceptors (Lipinski definition) is 3. The predicted octanol–water partition coefficient (Wildman–Crippen LogP) is -1.15. The highest BCUT2D eigenvalue weighted by Crippen LogP contribution is 2.01. The van der Waals surface area contributed by atoms with E-state index in [0.717, 1.165) is 19.5 Å². The minimum absolute atomic E-state index is 0.0480. The Morgan fingerprint density at radius 1 is 1.80 bits per heavy atom. The number of carbonyl (C=O) groups excluding carboxylic acids is 1. The van der Waals surface area contributed by atoms with Crippen LogP contribution in [0.15, 0.2) is 0 Å². The van der Waals surface area contributed by atoms with Crippen LogP contribution in [-0.2, 0) is 9.53 Å². The van der Waals surface area contributed by atoms with Crippen molar-refractivity contribution >= 4 is 5.91 Å². The van der Waals surface area contributed by atoms with Gasteiger partial charge in [-0.1, -0.05) is 0 Å². The van der Waals surface area contributed by atoms with E-state index in [0.29, 0.717) is 0 Å². The van der Waals surface area contributed by atoms with Gasteiger partial charge in [0, 0.05) is 6.54 Å². The van der Waals surface area contributed by atoms with Gasteiger partial charge in [0.1, 0.15) is 6.61 Å². The standard InChI is InChI=1S/C6H12N2O2/c7-6(9)4-10-5-1-2-8-3-5/h5,8H,1-4H2,(H2,7,9). The number of primary amides is 1. The van der Waals surface area contributed by atoms with Crippen molar-refractivity contribution < 1.29 is 9.53 Å². The third kappa shape index (κ3) is 2.33. The van der Waals surface area contributed by atoms with Crippen LogP contribution < -0.4 is 11.1 Å². The molecule has 0 aromatic heterocycles. The van der Waals surface area contributed by atoms with Gasteiger partial charge in [0.05, 0.1) is 6.10 Å². The molecule has 1 rings (SSSR count). The first-order chi connectivity index (χ1) is 4.79. The van der Waals surface area contributed by atoms with Gasteiger partial charge in [0.25, 0.3) is 0 Å². The molecule has 0 aromatic rings. The Morgan fingerprint density at radius 3 is 3.10 bits per heavy atom. The Kier molecular flexibility index (Phi) is 2.65. The highest BCUT2D eigenvalue weighted by atomic mass is 16.5. The van der Waals surface area contributed by atoms with E-state index in [2.05, 4.69) is 5.32 Å². The van der Waals surface area contributed by atoms with E-state index >= 15 is 0 Å². The van der Waals surface area contributed by atoms with Crippen molar-refractivity contribution in [1.82, 2.24) is 5.32 Å². The van der Waals surface area contributed by atoms with E-state index < -0.39 is 5.91 Å². The SMILES string of the molecule is NC(=O)COC1CCNC1. The summed E-state index contributed by atoms with van der Waals surface area (Å²) in [4.78, 5) is 10.2. The smallest absolute Gasteiger partial charge is 0.243 e. The predicted molar refractivity (Wildman–Crippen MR) is 36.4 cm³/mol. The lowest BCUT2D eigenvalue weighted by molar-refractivity contribution is -0.124. The van der Waals surface area contributed by atoms with Crippen LogP contribution in [0.5, 0.6) is 0 Å². The topological polar surface area (TPSA) is 64.4 Å². The van der Waals surface area contributed by atoms with E-state index in [9.17, 15) is 4.79 Å². The van der Waals surface area contributed by atoms with Crippen molar-refractivity contribution in [3.05, 3.63) is 0 Å². The van der Waals surface area contributed by atoms with Gasteiger partial charge in [-0.3, -0.25) is 4.79 Å².